The first-order valence-corrected chi connectivity index (χ1v) is 12.3. The van der Waals surface area contributed by atoms with Gasteiger partial charge in [0.1, 0.15) is 18.2 Å². The molecule has 1 unspecified atom stereocenters. The molecule has 2 aromatic carbocycles. The third-order valence-electron chi connectivity index (χ3n) is 7.44. The molecular weight excluding hydrogens is 464 g/mol. The van der Waals surface area contributed by atoms with Crippen LogP contribution in [0, 0.1) is 11.7 Å². The summed E-state index contributed by atoms with van der Waals surface area (Å²) >= 11 is 0. The van der Waals surface area contributed by atoms with Crippen molar-refractivity contribution in [1.82, 2.24) is 19.0 Å². The van der Waals surface area contributed by atoms with E-state index in [0.29, 0.717) is 35.7 Å². The second-order valence-corrected chi connectivity index (χ2v) is 10.0. The number of halogens is 2. The van der Waals surface area contributed by atoms with Crippen LogP contribution in [0.15, 0.2) is 30.3 Å². The number of rotatable bonds is 7. The number of carbonyl (C=O) groups excluding carboxylic acids is 1. The molecule has 2 N–H and O–H groups in total. The topological polar surface area (TPSA) is 78.3 Å². The van der Waals surface area contributed by atoms with E-state index in [4.69, 9.17) is 15.5 Å². The van der Waals surface area contributed by atoms with Crippen LogP contribution in [0.3, 0.4) is 0 Å². The van der Waals surface area contributed by atoms with E-state index in [2.05, 4.69) is 4.57 Å². The summed E-state index contributed by atoms with van der Waals surface area (Å²) in [6.07, 6.45) is 3.01. The first-order valence-electron chi connectivity index (χ1n) is 12.3. The molecule has 1 amide bonds. The number of hydrogen-bond acceptors (Lipinski definition) is 4. The van der Waals surface area contributed by atoms with Gasteiger partial charge in [-0.1, -0.05) is 0 Å². The minimum atomic E-state index is -0.684. The average molecular weight is 494 g/mol. The van der Waals surface area contributed by atoms with Gasteiger partial charge in [-0.3, -0.25) is 4.79 Å². The molecular formula is C27H29F2N5O2. The molecule has 1 aliphatic carbocycles. The van der Waals surface area contributed by atoms with E-state index in [-0.39, 0.29) is 18.3 Å². The van der Waals surface area contributed by atoms with E-state index >= 15 is 0 Å². The Balaban J connectivity index is 1.48. The van der Waals surface area contributed by atoms with Crippen molar-refractivity contribution in [3.8, 4) is 17.3 Å². The molecule has 1 fully saturated rings. The molecule has 188 valence electrons. The van der Waals surface area contributed by atoms with Gasteiger partial charge in [0.15, 0.2) is 5.82 Å². The zero-order valence-electron chi connectivity index (χ0n) is 20.4. The van der Waals surface area contributed by atoms with E-state index in [9.17, 15) is 13.6 Å². The van der Waals surface area contributed by atoms with Gasteiger partial charge in [-0.15, -0.1) is 0 Å². The highest BCUT2D eigenvalue weighted by molar-refractivity contribution is 6.01. The normalized spacial score (nSPS) is 16.7. The zero-order chi connectivity index (χ0) is 25.1. The van der Waals surface area contributed by atoms with Gasteiger partial charge in [0.25, 0.3) is 5.91 Å². The van der Waals surface area contributed by atoms with Crippen LogP contribution in [0.1, 0.15) is 28.8 Å². The van der Waals surface area contributed by atoms with Crippen LogP contribution in [0.5, 0.6) is 5.75 Å². The monoisotopic (exact) mass is 493 g/mol. The van der Waals surface area contributed by atoms with Crippen LogP contribution in [-0.4, -0.2) is 57.8 Å². The van der Waals surface area contributed by atoms with Crippen LogP contribution < -0.4 is 10.5 Å². The van der Waals surface area contributed by atoms with Gasteiger partial charge < -0.3 is 24.5 Å². The quantitative estimate of drug-likeness (QED) is 0.421. The Morgan fingerprint density at radius 3 is 2.75 bits per heavy atom. The van der Waals surface area contributed by atoms with Crippen molar-refractivity contribution in [3.05, 3.63) is 47.3 Å². The van der Waals surface area contributed by atoms with Crippen LogP contribution in [-0.2, 0) is 20.0 Å². The number of nitrogens with two attached hydrogens (primary N) is 1. The molecule has 0 radical (unpaired) electrons. The summed E-state index contributed by atoms with van der Waals surface area (Å²) in [5.41, 5.74) is 10.7. The SMILES string of the molecule is COc1cc(F)cc2cc(-c3nc4cc5c(cc4n3C)CCN(CC(N)CF)C5=O)n(CC3CC3)c12. The Hall–Kier alpha value is -3.46. The van der Waals surface area contributed by atoms with Gasteiger partial charge >= 0.3 is 0 Å². The van der Waals surface area contributed by atoms with Crippen LogP contribution >= 0.6 is 0 Å². The van der Waals surface area contributed by atoms with E-state index in [1.165, 1.54) is 25.0 Å². The van der Waals surface area contributed by atoms with E-state index in [0.717, 1.165) is 40.0 Å². The lowest BCUT2D eigenvalue weighted by Crippen LogP contribution is -2.45. The fourth-order valence-corrected chi connectivity index (χ4v) is 5.38. The van der Waals surface area contributed by atoms with Gasteiger partial charge in [-0.05, 0) is 55.0 Å². The fourth-order valence-electron chi connectivity index (χ4n) is 5.38. The van der Waals surface area contributed by atoms with Crippen molar-refractivity contribution < 1.29 is 18.3 Å². The van der Waals surface area contributed by atoms with Gasteiger partial charge in [0.2, 0.25) is 0 Å². The number of methoxy groups -OCH3 is 1. The largest absolute Gasteiger partial charge is 0.494 e. The number of nitrogens with zero attached hydrogens (tertiary/aromatic N) is 4. The lowest BCUT2D eigenvalue weighted by atomic mass is 9.97. The average Bonchev–Trinajstić information content (AvgIpc) is 3.54. The second kappa shape index (κ2) is 8.58. The van der Waals surface area contributed by atoms with Crippen molar-refractivity contribution in [1.29, 1.82) is 0 Å². The lowest BCUT2D eigenvalue weighted by Gasteiger charge is -2.30. The predicted octanol–water partition coefficient (Wildman–Crippen LogP) is 4.05. The van der Waals surface area contributed by atoms with Crippen molar-refractivity contribution in [2.75, 3.05) is 26.9 Å². The van der Waals surface area contributed by atoms with Crippen molar-refractivity contribution in [3.63, 3.8) is 0 Å². The zero-order valence-corrected chi connectivity index (χ0v) is 20.4. The minimum absolute atomic E-state index is 0.141. The summed E-state index contributed by atoms with van der Waals surface area (Å²) in [4.78, 5) is 19.7. The number of carbonyl (C=O) groups is 1. The Kier molecular flexibility index (Phi) is 5.48. The molecule has 1 atom stereocenters. The number of hydrogen-bond donors (Lipinski definition) is 1. The predicted molar refractivity (Wildman–Crippen MR) is 134 cm³/mol. The summed E-state index contributed by atoms with van der Waals surface area (Å²) in [6, 6.07) is 8.09. The first-order chi connectivity index (χ1) is 17.4. The van der Waals surface area contributed by atoms with E-state index in [1.807, 2.05) is 29.8 Å². The molecule has 0 bridgehead atoms. The summed E-state index contributed by atoms with van der Waals surface area (Å²) in [5.74, 6) is 1.34. The molecule has 7 nitrogen and oxygen atoms in total. The number of amides is 1. The highest BCUT2D eigenvalue weighted by atomic mass is 19.1. The Morgan fingerprint density at radius 2 is 2.03 bits per heavy atom. The molecule has 36 heavy (non-hydrogen) atoms. The highest BCUT2D eigenvalue weighted by Crippen LogP contribution is 2.39. The van der Waals surface area contributed by atoms with Crippen LogP contribution in [0.25, 0.3) is 33.5 Å². The Labute approximate surface area is 207 Å². The molecule has 6 rings (SSSR count). The number of fused-ring (bicyclic) bond motifs is 3. The standard InChI is InChI=1S/C27H29F2N5O2/c1-32-22-8-16-5-6-33(14-19(30)12-28)27(35)20(16)11-21(22)31-26(32)23-9-17-7-18(29)10-24(36-2)25(17)34(23)13-15-3-4-15/h7-11,15,19H,3-6,12-14,30H2,1-2H3. The summed E-state index contributed by atoms with van der Waals surface area (Å²) in [6.45, 7) is 0.850. The summed E-state index contributed by atoms with van der Waals surface area (Å²) in [7, 11) is 3.52. The van der Waals surface area contributed by atoms with Gasteiger partial charge in [-0.25, -0.2) is 13.8 Å². The molecule has 4 aromatic rings. The summed E-state index contributed by atoms with van der Waals surface area (Å²) in [5, 5.41) is 0.767. The van der Waals surface area contributed by atoms with Gasteiger partial charge in [0, 0.05) is 43.7 Å². The molecule has 1 aliphatic heterocycles. The Bertz CT molecular complexity index is 1500. The van der Waals surface area contributed by atoms with Gasteiger partial charge in [0.05, 0.1) is 35.4 Å². The smallest absolute Gasteiger partial charge is 0.254 e. The maximum atomic E-state index is 14.3. The molecule has 0 saturated heterocycles. The number of alkyl halides is 1. The fraction of sp³-hybridized carbons (Fsp3) is 0.407. The number of imidazole rings is 1. The summed E-state index contributed by atoms with van der Waals surface area (Å²) < 4.78 is 37.0. The van der Waals surface area contributed by atoms with Crippen molar-refractivity contribution >= 4 is 27.8 Å². The molecule has 2 aliphatic rings. The van der Waals surface area contributed by atoms with E-state index in [1.54, 1.807) is 12.0 Å². The highest BCUT2D eigenvalue weighted by Gasteiger charge is 2.29. The number of benzene rings is 2. The van der Waals surface area contributed by atoms with E-state index < -0.39 is 12.7 Å². The van der Waals surface area contributed by atoms with Crippen LogP contribution in [0.4, 0.5) is 8.78 Å². The Morgan fingerprint density at radius 1 is 1.22 bits per heavy atom. The third kappa shape index (κ3) is 3.73. The minimum Gasteiger partial charge on any atom is -0.494 e. The lowest BCUT2D eigenvalue weighted by molar-refractivity contribution is 0.0725. The van der Waals surface area contributed by atoms with Crippen LogP contribution in [0.2, 0.25) is 0 Å². The first kappa shape index (κ1) is 23.0. The maximum absolute atomic E-state index is 14.3. The molecule has 1 saturated carbocycles. The molecule has 0 spiro atoms. The molecule has 9 heteroatoms. The molecule has 2 aromatic heterocycles. The second-order valence-electron chi connectivity index (χ2n) is 10.0. The van der Waals surface area contributed by atoms with Crippen molar-refractivity contribution in [2.45, 2.75) is 31.8 Å². The van der Waals surface area contributed by atoms with Crippen molar-refractivity contribution in [2.24, 2.45) is 18.7 Å². The van der Waals surface area contributed by atoms with Gasteiger partial charge in [-0.2, -0.15) is 0 Å². The molecule has 3 heterocycles. The maximum Gasteiger partial charge on any atom is 0.254 e. The number of ether oxygens (including phenoxy) is 1. The number of aryl methyl sites for hydroxylation is 1. The number of aromatic nitrogens is 3. The third-order valence-corrected chi connectivity index (χ3v) is 7.44.